The summed E-state index contributed by atoms with van der Waals surface area (Å²) in [5.74, 6) is 1.58. The molecule has 0 radical (unpaired) electrons. The molecule has 0 saturated carbocycles. The number of carbonyl (C=O) groups is 1. The zero-order valence-corrected chi connectivity index (χ0v) is 23.3. The smallest absolute Gasteiger partial charge is 0.271 e. The third-order valence-electron chi connectivity index (χ3n) is 6.32. The van der Waals surface area contributed by atoms with Crippen LogP contribution in [0.4, 0.5) is 0 Å². The molecule has 0 heterocycles. The van der Waals surface area contributed by atoms with Crippen LogP contribution in [0, 0.1) is 0 Å². The molecule has 5 aromatic carbocycles. The number of benzene rings is 5. The van der Waals surface area contributed by atoms with Gasteiger partial charge in [-0.2, -0.15) is 5.10 Å². The molecule has 0 aliphatic carbocycles. The molecular weight excluding hydrogens is 536 g/mol. The summed E-state index contributed by atoms with van der Waals surface area (Å²) < 4.78 is 18.0. The summed E-state index contributed by atoms with van der Waals surface area (Å²) in [7, 11) is 0. The van der Waals surface area contributed by atoms with Gasteiger partial charge in [-0.25, -0.2) is 5.43 Å². The van der Waals surface area contributed by atoms with Gasteiger partial charge in [-0.05, 0) is 65.2 Å². The quantitative estimate of drug-likeness (QED) is 0.131. The van der Waals surface area contributed by atoms with Crippen molar-refractivity contribution >= 4 is 34.5 Å². The van der Waals surface area contributed by atoms with Crippen molar-refractivity contribution in [2.75, 3.05) is 6.61 Å². The molecule has 7 heteroatoms. The van der Waals surface area contributed by atoms with E-state index in [1.807, 2.05) is 91.9 Å². The number of fused-ring (bicyclic) bond motifs is 1. The van der Waals surface area contributed by atoms with Gasteiger partial charge in [-0.15, -0.1) is 0 Å². The maximum Gasteiger partial charge on any atom is 0.271 e. The highest BCUT2D eigenvalue weighted by Gasteiger charge is 2.11. The molecule has 0 spiro atoms. The number of hydrogen-bond donors (Lipinski definition) is 1. The van der Waals surface area contributed by atoms with Crippen molar-refractivity contribution in [2.24, 2.45) is 5.10 Å². The Morgan fingerprint density at radius 2 is 1.49 bits per heavy atom. The minimum absolute atomic E-state index is 0.282. The van der Waals surface area contributed by atoms with Gasteiger partial charge in [0.2, 0.25) is 0 Å². The van der Waals surface area contributed by atoms with Crippen LogP contribution in [0.1, 0.15) is 34.0 Å². The van der Waals surface area contributed by atoms with Crippen molar-refractivity contribution in [3.8, 4) is 17.2 Å². The monoisotopic (exact) mass is 564 g/mol. The van der Waals surface area contributed by atoms with Gasteiger partial charge in [-0.3, -0.25) is 4.79 Å². The van der Waals surface area contributed by atoms with Gasteiger partial charge in [0.25, 0.3) is 5.91 Å². The van der Waals surface area contributed by atoms with Crippen LogP contribution < -0.4 is 19.6 Å². The lowest BCUT2D eigenvalue weighted by Gasteiger charge is -2.14. The van der Waals surface area contributed by atoms with Crippen molar-refractivity contribution in [1.82, 2.24) is 5.43 Å². The lowest BCUT2D eigenvalue weighted by atomic mass is 10.0. The SMILES string of the molecule is CCOc1cc(COc2ccc(Cl)cc2/C=N/NC(=O)c2cccc3ccccc23)ccc1OCc1ccccc1. The van der Waals surface area contributed by atoms with Crippen molar-refractivity contribution < 1.29 is 19.0 Å². The average molecular weight is 565 g/mol. The minimum Gasteiger partial charge on any atom is -0.490 e. The first-order valence-corrected chi connectivity index (χ1v) is 13.6. The van der Waals surface area contributed by atoms with E-state index in [-0.39, 0.29) is 12.5 Å². The standard InChI is InChI=1S/C34H29ClN2O4/c1-2-39-33-19-25(15-17-32(33)41-22-24-9-4-3-5-10-24)23-40-31-18-16-28(35)20-27(31)21-36-37-34(38)30-14-8-12-26-11-6-7-13-29(26)30/h3-21H,2,22-23H2,1H3,(H,37,38)/b36-21+. The molecule has 1 amide bonds. The van der Waals surface area contributed by atoms with Gasteiger partial charge < -0.3 is 14.2 Å². The zero-order chi connectivity index (χ0) is 28.4. The predicted octanol–water partition coefficient (Wildman–Crippen LogP) is 7.81. The Morgan fingerprint density at radius 1 is 0.756 bits per heavy atom. The van der Waals surface area contributed by atoms with Gasteiger partial charge >= 0.3 is 0 Å². The second-order valence-corrected chi connectivity index (χ2v) is 9.62. The highest BCUT2D eigenvalue weighted by atomic mass is 35.5. The molecule has 5 aromatic rings. The van der Waals surface area contributed by atoms with E-state index in [1.54, 1.807) is 24.3 Å². The van der Waals surface area contributed by atoms with Crippen LogP contribution in [-0.4, -0.2) is 18.7 Å². The summed E-state index contributed by atoms with van der Waals surface area (Å²) in [5.41, 5.74) is 5.77. The first-order valence-electron chi connectivity index (χ1n) is 13.3. The molecule has 6 nitrogen and oxygen atoms in total. The van der Waals surface area contributed by atoms with Crippen LogP contribution in [0.2, 0.25) is 5.02 Å². The highest BCUT2D eigenvalue weighted by Crippen LogP contribution is 2.30. The zero-order valence-electron chi connectivity index (χ0n) is 22.5. The molecule has 41 heavy (non-hydrogen) atoms. The molecule has 0 unspecified atom stereocenters. The normalized spacial score (nSPS) is 11.0. The van der Waals surface area contributed by atoms with Crippen LogP contribution in [0.3, 0.4) is 0 Å². The van der Waals surface area contributed by atoms with Crippen LogP contribution in [0.25, 0.3) is 10.8 Å². The first kappa shape index (κ1) is 27.7. The number of halogens is 1. The maximum absolute atomic E-state index is 12.8. The lowest BCUT2D eigenvalue weighted by molar-refractivity contribution is 0.0956. The topological polar surface area (TPSA) is 69.2 Å². The van der Waals surface area contributed by atoms with E-state index in [0.29, 0.717) is 46.6 Å². The molecule has 0 aliphatic heterocycles. The number of hydrazone groups is 1. The fourth-order valence-corrected chi connectivity index (χ4v) is 4.50. The van der Waals surface area contributed by atoms with E-state index in [2.05, 4.69) is 10.5 Å². The predicted molar refractivity (Wildman–Crippen MR) is 163 cm³/mol. The molecular formula is C34H29ClN2O4. The van der Waals surface area contributed by atoms with Crippen LogP contribution in [-0.2, 0) is 13.2 Å². The van der Waals surface area contributed by atoms with E-state index in [1.165, 1.54) is 6.21 Å². The summed E-state index contributed by atoms with van der Waals surface area (Å²) in [6.45, 7) is 3.17. The summed E-state index contributed by atoms with van der Waals surface area (Å²) in [4.78, 5) is 12.8. The third kappa shape index (κ3) is 7.24. The molecule has 206 valence electrons. The Labute approximate surface area is 244 Å². The highest BCUT2D eigenvalue weighted by molar-refractivity contribution is 6.30. The molecule has 0 aromatic heterocycles. The summed E-state index contributed by atoms with van der Waals surface area (Å²) >= 11 is 6.25. The molecule has 0 aliphatic rings. The van der Waals surface area contributed by atoms with E-state index in [0.717, 1.165) is 21.9 Å². The number of nitrogens with one attached hydrogen (secondary N) is 1. The molecule has 0 bridgehead atoms. The van der Waals surface area contributed by atoms with E-state index >= 15 is 0 Å². The summed E-state index contributed by atoms with van der Waals surface area (Å²) in [5, 5.41) is 6.55. The van der Waals surface area contributed by atoms with Gasteiger partial charge in [0.05, 0.1) is 12.8 Å². The molecule has 0 atom stereocenters. The van der Waals surface area contributed by atoms with E-state index in [4.69, 9.17) is 25.8 Å². The Bertz CT molecular complexity index is 1670. The van der Waals surface area contributed by atoms with Gasteiger partial charge in [0, 0.05) is 16.1 Å². The van der Waals surface area contributed by atoms with Crippen molar-refractivity contribution in [3.63, 3.8) is 0 Å². The Morgan fingerprint density at radius 3 is 2.34 bits per heavy atom. The molecule has 0 fully saturated rings. The van der Waals surface area contributed by atoms with Crippen LogP contribution >= 0.6 is 11.6 Å². The number of carbonyl (C=O) groups excluding carboxylic acids is 1. The van der Waals surface area contributed by atoms with Crippen LogP contribution in [0.15, 0.2) is 114 Å². The summed E-state index contributed by atoms with van der Waals surface area (Å²) in [6, 6.07) is 34.3. The largest absolute Gasteiger partial charge is 0.490 e. The van der Waals surface area contributed by atoms with Gasteiger partial charge in [-0.1, -0.05) is 84.4 Å². The average Bonchev–Trinajstić information content (AvgIpc) is 3.00. The summed E-state index contributed by atoms with van der Waals surface area (Å²) in [6.07, 6.45) is 1.52. The fraction of sp³-hybridized carbons (Fsp3) is 0.118. The first-order chi connectivity index (χ1) is 20.1. The number of nitrogens with zero attached hydrogens (tertiary/aromatic N) is 1. The van der Waals surface area contributed by atoms with E-state index in [9.17, 15) is 4.79 Å². The molecule has 0 saturated heterocycles. The number of ether oxygens (including phenoxy) is 3. The van der Waals surface area contributed by atoms with Crippen molar-refractivity contribution in [1.29, 1.82) is 0 Å². The third-order valence-corrected chi connectivity index (χ3v) is 6.55. The molecule has 1 N–H and O–H groups in total. The maximum atomic E-state index is 12.8. The fourth-order valence-electron chi connectivity index (χ4n) is 4.32. The van der Waals surface area contributed by atoms with E-state index < -0.39 is 0 Å². The number of hydrogen-bond acceptors (Lipinski definition) is 5. The lowest BCUT2D eigenvalue weighted by Crippen LogP contribution is -2.18. The van der Waals surface area contributed by atoms with Crippen molar-refractivity contribution in [2.45, 2.75) is 20.1 Å². The minimum atomic E-state index is -0.305. The number of amides is 1. The Hall–Kier alpha value is -4.81. The van der Waals surface area contributed by atoms with Crippen molar-refractivity contribution in [3.05, 3.63) is 136 Å². The Kier molecular flexibility index (Phi) is 9.14. The Balaban J connectivity index is 1.26. The van der Waals surface area contributed by atoms with Gasteiger partial charge in [0.15, 0.2) is 11.5 Å². The molecule has 5 rings (SSSR count). The van der Waals surface area contributed by atoms with Crippen LogP contribution in [0.5, 0.6) is 17.2 Å². The van der Waals surface area contributed by atoms with Gasteiger partial charge in [0.1, 0.15) is 19.0 Å². The number of rotatable bonds is 11. The second-order valence-electron chi connectivity index (χ2n) is 9.19. The second kappa shape index (κ2) is 13.5.